The molecule has 108 valence electrons. The van der Waals surface area contributed by atoms with Crippen LogP contribution in [0, 0.1) is 0 Å². The maximum Gasteiger partial charge on any atom is 0.344 e. The van der Waals surface area contributed by atoms with E-state index in [9.17, 15) is 9.59 Å². The molecule has 20 heavy (non-hydrogen) atoms. The Morgan fingerprint density at radius 1 is 1.25 bits per heavy atom. The predicted molar refractivity (Wildman–Crippen MR) is 79.5 cm³/mol. The second kappa shape index (κ2) is 7.08. The molecule has 1 fully saturated rings. The number of halogens is 2. The van der Waals surface area contributed by atoms with Crippen molar-refractivity contribution >= 4 is 43.7 Å². The zero-order valence-electron chi connectivity index (χ0n) is 10.5. The molecule has 1 aliphatic carbocycles. The van der Waals surface area contributed by atoms with E-state index in [0.29, 0.717) is 5.75 Å². The SMILES string of the molecule is O=C(COC(=O)COc1ccc(Br)cc1Br)NC1CC1. The number of carbonyl (C=O) groups is 2. The number of hydrogen-bond donors (Lipinski definition) is 1. The predicted octanol–water partition coefficient (Wildman–Crippen LogP) is 2.41. The highest BCUT2D eigenvalue weighted by Gasteiger charge is 2.23. The summed E-state index contributed by atoms with van der Waals surface area (Å²) in [6, 6.07) is 5.59. The summed E-state index contributed by atoms with van der Waals surface area (Å²) in [4.78, 5) is 22.8. The Morgan fingerprint density at radius 2 is 2.00 bits per heavy atom. The molecule has 0 atom stereocenters. The van der Waals surface area contributed by atoms with Gasteiger partial charge in [-0.25, -0.2) is 4.79 Å². The van der Waals surface area contributed by atoms with Crippen LogP contribution in [-0.4, -0.2) is 31.1 Å². The number of nitrogens with one attached hydrogen (secondary N) is 1. The van der Waals surface area contributed by atoms with Gasteiger partial charge in [-0.15, -0.1) is 0 Å². The lowest BCUT2D eigenvalue weighted by atomic mass is 10.3. The number of hydrogen-bond acceptors (Lipinski definition) is 4. The molecule has 0 aliphatic heterocycles. The summed E-state index contributed by atoms with van der Waals surface area (Å²) < 4.78 is 11.7. The molecule has 0 aromatic heterocycles. The Balaban J connectivity index is 1.70. The van der Waals surface area contributed by atoms with Gasteiger partial charge in [0, 0.05) is 10.5 Å². The zero-order chi connectivity index (χ0) is 14.5. The van der Waals surface area contributed by atoms with Gasteiger partial charge in [0.2, 0.25) is 0 Å². The quantitative estimate of drug-likeness (QED) is 0.737. The lowest BCUT2D eigenvalue weighted by Crippen LogP contribution is -2.31. The summed E-state index contributed by atoms with van der Waals surface area (Å²) in [6.45, 7) is -0.503. The average molecular weight is 407 g/mol. The third-order valence-corrected chi connectivity index (χ3v) is 3.66. The van der Waals surface area contributed by atoms with Crippen molar-refractivity contribution in [1.29, 1.82) is 0 Å². The first-order chi connectivity index (χ1) is 9.54. The minimum absolute atomic E-state index is 0.239. The summed E-state index contributed by atoms with van der Waals surface area (Å²) in [6.07, 6.45) is 2.00. The molecule has 7 heteroatoms. The van der Waals surface area contributed by atoms with E-state index in [1.54, 1.807) is 12.1 Å². The third kappa shape index (κ3) is 5.13. The Kier molecular flexibility index (Phi) is 5.42. The topological polar surface area (TPSA) is 64.6 Å². The molecule has 2 rings (SSSR count). The fourth-order valence-electron chi connectivity index (χ4n) is 1.41. The number of rotatable bonds is 6. The molecule has 0 unspecified atom stereocenters. The van der Waals surface area contributed by atoms with Crippen molar-refractivity contribution < 1.29 is 19.1 Å². The molecular formula is C13H13Br2NO4. The van der Waals surface area contributed by atoms with Crippen molar-refractivity contribution in [2.45, 2.75) is 18.9 Å². The first-order valence-electron chi connectivity index (χ1n) is 6.07. The van der Waals surface area contributed by atoms with Gasteiger partial charge in [-0.1, -0.05) is 15.9 Å². The number of benzene rings is 1. The average Bonchev–Trinajstić information content (AvgIpc) is 3.19. The van der Waals surface area contributed by atoms with Crippen LogP contribution in [0.25, 0.3) is 0 Å². The zero-order valence-corrected chi connectivity index (χ0v) is 13.7. The number of esters is 1. The van der Waals surface area contributed by atoms with Crippen LogP contribution in [0.15, 0.2) is 27.1 Å². The summed E-state index contributed by atoms with van der Waals surface area (Å²) in [5.74, 6) is -0.316. The van der Waals surface area contributed by atoms with Gasteiger partial charge in [-0.3, -0.25) is 4.79 Å². The van der Waals surface area contributed by atoms with Crippen LogP contribution in [0.3, 0.4) is 0 Å². The van der Waals surface area contributed by atoms with Gasteiger partial charge < -0.3 is 14.8 Å². The standard InChI is InChI=1S/C13H13Br2NO4/c14-8-1-4-11(10(15)5-8)19-7-13(18)20-6-12(17)16-9-2-3-9/h1,4-5,9H,2-3,6-7H2,(H,16,17). The number of ether oxygens (including phenoxy) is 2. The molecule has 1 N–H and O–H groups in total. The van der Waals surface area contributed by atoms with Crippen LogP contribution in [-0.2, 0) is 14.3 Å². The van der Waals surface area contributed by atoms with Crippen molar-refractivity contribution in [1.82, 2.24) is 5.32 Å². The Morgan fingerprint density at radius 3 is 2.65 bits per heavy atom. The van der Waals surface area contributed by atoms with Gasteiger partial charge in [0.1, 0.15) is 5.75 Å². The number of amides is 1. The van der Waals surface area contributed by atoms with Crippen molar-refractivity contribution in [3.63, 3.8) is 0 Å². The molecule has 0 spiro atoms. The molecule has 0 saturated heterocycles. The van der Waals surface area contributed by atoms with E-state index in [0.717, 1.165) is 21.8 Å². The van der Waals surface area contributed by atoms with Crippen molar-refractivity contribution in [2.24, 2.45) is 0 Å². The van der Waals surface area contributed by atoms with Gasteiger partial charge in [0.25, 0.3) is 5.91 Å². The normalized spacial score (nSPS) is 13.7. The van der Waals surface area contributed by atoms with E-state index in [1.807, 2.05) is 6.07 Å². The smallest absolute Gasteiger partial charge is 0.344 e. The monoisotopic (exact) mass is 405 g/mol. The molecular weight excluding hydrogens is 394 g/mol. The fourth-order valence-corrected chi connectivity index (χ4v) is 2.58. The summed E-state index contributed by atoms with van der Waals surface area (Å²) in [5, 5.41) is 2.73. The Labute approximate surface area is 133 Å². The highest BCUT2D eigenvalue weighted by molar-refractivity contribution is 9.11. The molecule has 1 aromatic carbocycles. The largest absolute Gasteiger partial charge is 0.481 e. The maximum absolute atomic E-state index is 11.4. The van der Waals surface area contributed by atoms with Crippen LogP contribution in [0.1, 0.15) is 12.8 Å². The molecule has 0 radical (unpaired) electrons. The Hall–Kier alpha value is -1.08. The van der Waals surface area contributed by atoms with Crippen LogP contribution in [0.4, 0.5) is 0 Å². The molecule has 0 heterocycles. The molecule has 1 aliphatic rings. The maximum atomic E-state index is 11.4. The van der Waals surface area contributed by atoms with Gasteiger partial charge in [-0.05, 0) is 47.0 Å². The summed E-state index contributed by atoms with van der Waals surface area (Å²) in [5.41, 5.74) is 0. The molecule has 5 nitrogen and oxygen atoms in total. The molecule has 1 aromatic rings. The fraction of sp³-hybridized carbons (Fsp3) is 0.385. The van der Waals surface area contributed by atoms with Gasteiger partial charge >= 0.3 is 5.97 Å². The second-order valence-electron chi connectivity index (χ2n) is 4.37. The first-order valence-corrected chi connectivity index (χ1v) is 7.66. The van der Waals surface area contributed by atoms with Crippen LogP contribution >= 0.6 is 31.9 Å². The van der Waals surface area contributed by atoms with Gasteiger partial charge in [0.05, 0.1) is 4.47 Å². The van der Waals surface area contributed by atoms with Gasteiger partial charge in [-0.2, -0.15) is 0 Å². The van der Waals surface area contributed by atoms with Crippen molar-refractivity contribution in [2.75, 3.05) is 13.2 Å². The molecule has 1 saturated carbocycles. The van der Waals surface area contributed by atoms with E-state index in [2.05, 4.69) is 37.2 Å². The lowest BCUT2D eigenvalue weighted by Gasteiger charge is -2.08. The molecule has 1 amide bonds. The number of carbonyl (C=O) groups excluding carboxylic acids is 2. The van der Waals surface area contributed by atoms with Crippen molar-refractivity contribution in [3.05, 3.63) is 27.1 Å². The van der Waals surface area contributed by atoms with Crippen molar-refractivity contribution in [3.8, 4) is 5.75 Å². The van der Waals surface area contributed by atoms with E-state index in [1.165, 1.54) is 0 Å². The third-order valence-electron chi connectivity index (χ3n) is 2.55. The summed E-state index contributed by atoms with van der Waals surface area (Å²) >= 11 is 6.64. The lowest BCUT2D eigenvalue weighted by molar-refractivity contribution is -0.150. The highest BCUT2D eigenvalue weighted by Crippen LogP contribution is 2.28. The minimum Gasteiger partial charge on any atom is -0.481 e. The summed E-state index contributed by atoms with van der Waals surface area (Å²) in [7, 11) is 0. The van der Waals surface area contributed by atoms with Crippen LogP contribution in [0.2, 0.25) is 0 Å². The van der Waals surface area contributed by atoms with E-state index in [4.69, 9.17) is 9.47 Å². The van der Waals surface area contributed by atoms with E-state index in [-0.39, 0.29) is 25.2 Å². The van der Waals surface area contributed by atoms with Crippen LogP contribution < -0.4 is 10.1 Å². The first kappa shape index (κ1) is 15.3. The Bertz CT molecular complexity index is 517. The molecule has 0 bridgehead atoms. The van der Waals surface area contributed by atoms with Gasteiger partial charge in [0.15, 0.2) is 13.2 Å². The second-order valence-corrected chi connectivity index (χ2v) is 6.14. The highest BCUT2D eigenvalue weighted by atomic mass is 79.9. The van der Waals surface area contributed by atoms with E-state index >= 15 is 0 Å². The minimum atomic E-state index is -0.578. The van der Waals surface area contributed by atoms with Crippen LogP contribution in [0.5, 0.6) is 5.75 Å². The van der Waals surface area contributed by atoms with E-state index < -0.39 is 5.97 Å².